The highest BCUT2D eigenvalue weighted by Gasteiger charge is 2.50. The van der Waals surface area contributed by atoms with Crippen LogP contribution in [0.25, 0.3) is 0 Å². The topological polar surface area (TPSA) is 95.5 Å². The summed E-state index contributed by atoms with van der Waals surface area (Å²) in [6.07, 6.45) is 2.12. The smallest absolute Gasteiger partial charge is 0.231 e. The van der Waals surface area contributed by atoms with Crippen molar-refractivity contribution in [3.05, 3.63) is 42.0 Å². The number of carboxylic acid groups (broad SMARTS) is 1. The molecule has 1 aromatic rings. The lowest BCUT2D eigenvalue weighted by atomic mass is 9.82. The van der Waals surface area contributed by atoms with Gasteiger partial charge in [0.2, 0.25) is 5.91 Å². The van der Waals surface area contributed by atoms with E-state index < -0.39 is 35.9 Å². The normalized spacial score (nSPS) is 28.6. The Bertz CT molecular complexity index is 681. The molecule has 2 bridgehead atoms. The number of fused-ring (bicyclic) bond motifs is 2. The first kappa shape index (κ1) is 14.5. The van der Waals surface area contributed by atoms with Crippen molar-refractivity contribution in [3.8, 4) is 0 Å². The van der Waals surface area contributed by atoms with Crippen LogP contribution in [0.15, 0.2) is 36.4 Å². The summed E-state index contributed by atoms with van der Waals surface area (Å²) in [5.74, 6) is -3.85. The molecule has 1 aromatic carbocycles. The molecule has 0 radical (unpaired) electrons. The van der Waals surface area contributed by atoms with Gasteiger partial charge in [0, 0.05) is 17.5 Å². The standard InChI is InChI=1S/C16H15NO5/c1-8(18)9-4-2-3-5-10(9)17-15(19)13-11-6-7-12(22-11)14(13)16(20)21/h2-7,11-14H,1H3,(H,17,19)(H,20,21)/p-1/t11-,12+,13-,14-/m0/s1. The predicted molar refractivity (Wildman–Crippen MR) is 74.9 cm³/mol. The van der Waals surface area contributed by atoms with Crippen LogP contribution in [-0.4, -0.2) is 29.9 Å². The van der Waals surface area contributed by atoms with E-state index in [4.69, 9.17) is 4.74 Å². The Labute approximate surface area is 126 Å². The number of rotatable bonds is 4. The number of carbonyl (C=O) groups excluding carboxylic acids is 3. The van der Waals surface area contributed by atoms with Gasteiger partial charge < -0.3 is 20.0 Å². The Balaban J connectivity index is 1.85. The van der Waals surface area contributed by atoms with Gasteiger partial charge in [0.05, 0.1) is 23.8 Å². The van der Waals surface area contributed by atoms with Crippen molar-refractivity contribution in [1.29, 1.82) is 0 Å². The van der Waals surface area contributed by atoms with Crippen LogP contribution in [0.3, 0.4) is 0 Å². The summed E-state index contributed by atoms with van der Waals surface area (Å²) in [4.78, 5) is 35.3. The number of anilines is 1. The van der Waals surface area contributed by atoms with Crippen LogP contribution < -0.4 is 10.4 Å². The van der Waals surface area contributed by atoms with Gasteiger partial charge in [-0.3, -0.25) is 9.59 Å². The average molecular weight is 300 g/mol. The van der Waals surface area contributed by atoms with E-state index >= 15 is 0 Å². The van der Waals surface area contributed by atoms with Crippen molar-refractivity contribution >= 4 is 23.3 Å². The van der Waals surface area contributed by atoms with E-state index in [0.29, 0.717) is 11.3 Å². The first-order valence-electron chi connectivity index (χ1n) is 6.94. The highest BCUT2D eigenvalue weighted by atomic mass is 16.5. The zero-order valence-corrected chi connectivity index (χ0v) is 11.8. The highest BCUT2D eigenvalue weighted by Crippen LogP contribution is 2.39. The monoisotopic (exact) mass is 300 g/mol. The Morgan fingerprint density at radius 1 is 1.09 bits per heavy atom. The van der Waals surface area contributed by atoms with Gasteiger partial charge >= 0.3 is 0 Å². The number of ketones is 1. The fraction of sp³-hybridized carbons (Fsp3) is 0.312. The Kier molecular flexibility index (Phi) is 3.54. The van der Waals surface area contributed by atoms with Crippen LogP contribution in [0.5, 0.6) is 0 Å². The number of ether oxygens (including phenoxy) is 1. The largest absolute Gasteiger partial charge is 0.550 e. The van der Waals surface area contributed by atoms with Crippen LogP contribution in [0.2, 0.25) is 0 Å². The molecule has 4 atom stereocenters. The van der Waals surface area contributed by atoms with Crippen molar-refractivity contribution in [2.24, 2.45) is 11.8 Å². The van der Waals surface area contributed by atoms with Crippen LogP contribution in [-0.2, 0) is 14.3 Å². The number of para-hydroxylation sites is 1. The van der Waals surface area contributed by atoms with Crippen molar-refractivity contribution in [2.45, 2.75) is 19.1 Å². The van der Waals surface area contributed by atoms with Crippen molar-refractivity contribution in [2.75, 3.05) is 5.32 Å². The minimum atomic E-state index is -1.31. The number of aliphatic carboxylic acids is 1. The number of amides is 1. The summed E-state index contributed by atoms with van der Waals surface area (Å²) in [6.45, 7) is 1.40. The molecular formula is C16H14NO5-. The number of carbonyl (C=O) groups is 3. The second-order valence-corrected chi connectivity index (χ2v) is 5.41. The number of carboxylic acids is 1. The molecule has 0 spiro atoms. The molecule has 2 aliphatic heterocycles. The van der Waals surface area contributed by atoms with Crippen LogP contribution in [0.1, 0.15) is 17.3 Å². The molecule has 0 aromatic heterocycles. The lowest BCUT2D eigenvalue weighted by Gasteiger charge is -2.25. The van der Waals surface area contributed by atoms with Gasteiger partial charge in [-0.1, -0.05) is 24.3 Å². The lowest BCUT2D eigenvalue weighted by molar-refractivity contribution is -0.313. The molecule has 22 heavy (non-hydrogen) atoms. The highest BCUT2D eigenvalue weighted by molar-refractivity contribution is 6.05. The van der Waals surface area contributed by atoms with Gasteiger partial charge in [-0.2, -0.15) is 0 Å². The average Bonchev–Trinajstić information content (AvgIpc) is 3.08. The van der Waals surface area contributed by atoms with Crippen molar-refractivity contribution < 1.29 is 24.2 Å². The van der Waals surface area contributed by atoms with E-state index in [9.17, 15) is 19.5 Å². The van der Waals surface area contributed by atoms with E-state index in [1.165, 1.54) is 6.92 Å². The van der Waals surface area contributed by atoms with Crippen molar-refractivity contribution in [1.82, 2.24) is 0 Å². The predicted octanol–water partition coefficient (Wildman–Crippen LogP) is 0.147. The van der Waals surface area contributed by atoms with Gasteiger partial charge in [-0.15, -0.1) is 0 Å². The third-order valence-corrected chi connectivity index (χ3v) is 4.04. The van der Waals surface area contributed by atoms with Gasteiger partial charge in [-0.25, -0.2) is 0 Å². The number of hydrogen-bond donors (Lipinski definition) is 1. The summed E-state index contributed by atoms with van der Waals surface area (Å²) in [5, 5.41) is 13.9. The van der Waals surface area contributed by atoms with E-state index in [1.807, 2.05) is 0 Å². The molecule has 0 saturated carbocycles. The van der Waals surface area contributed by atoms with E-state index in [2.05, 4.69) is 5.32 Å². The molecule has 2 aliphatic rings. The maximum absolute atomic E-state index is 12.5. The third-order valence-electron chi connectivity index (χ3n) is 4.04. The quantitative estimate of drug-likeness (QED) is 0.630. The molecule has 114 valence electrons. The Morgan fingerprint density at radius 2 is 1.73 bits per heavy atom. The first-order valence-corrected chi connectivity index (χ1v) is 6.94. The zero-order chi connectivity index (χ0) is 15.9. The van der Waals surface area contributed by atoms with Gasteiger partial charge in [-0.05, 0) is 19.1 Å². The molecule has 1 saturated heterocycles. The SMILES string of the molecule is CC(=O)c1ccccc1NC(=O)[C@@H]1[C@@H](C(=O)[O-])[C@H]2C=C[C@@H]1O2. The fourth-order valence-electron chi connectivity index (χ4n) is 3.02. The summed E-state index contributed by atoms with van der Waals surface area (Å²) in [7, 11) is 0. The molecule has 1 N–H and O–H groups in total. The molecule has 3 rings (SSSR count). The maximum Gasteiger partial charge on any atom is 0.231 e. The maximum atomic E-state index is 12.5. The van der Waals surface area contributed by atoms with Crippen LogP contribution >= 0.6 is 0 Å². The van der Waals surface area contributed by atoms with Crippen LogP contribution in [0, 0.1) is 11.8 Å². The zero-order valence-electron chi connectivity index (χ0n) is 11.8. The summed E-state index contributed by atoms with van der Waals surface area (Å²) < 4.78 is 5.44. The molecule has 0 unspecified atom stereocenters. The second-order valence-electron chi connectivity index (χ2n) is 5.41. The summed E-state index contributed by atoms with van der Waals surface area (Å²) in [5.41, 5.74) is 0.740. The minimum Gasteiger partial charge on any atom is -0.550 e. The third kappa shape index (κ3) is 2.31. The van der Waals surface area contributed by atoms with E-state index in [1.54, 1.807) is 36.4 Å². The van der Waals surface area contributed by atoms with E-state index in [0.717, 1.165) is 0 Å². The molecule has 2 heterocycles. The van der Waals surface area contributed by atoms with Crippen LogP contribution in [0.4, 0.5) is 5.69 Å². The number of Topliss-reactive ketones (excluding diaryl/α,β-unsaturated/α-hetero) is 1. The second kappa shape index (κ2) is 5.38. The van der Waals surface area contributed by atoms with Gasteiger partial charge in [0.1, 0.15) is 0 Å². The summed E-state index contributed by atoms with van der Waals surface area (Å²) >= 11 is 0. The molecule has 6 heteroatoms. The number of nitrogens with one attached hydrogen (secondary N) is 1. The number of benzene rings is 1. The fourth-order valence-corrected chi connectivity index (χ4v) is 3.02. The van der Waals surface area contributed by atoms with E-state index in [-0.39, 0.29) is 5.78 Å². The minimum absolute atomic E-state index is 0.184. The van der Waals surface area contributed by atoms with Gasteiger partial charge in [0.25, 0.3) is 0 Å². The molecule has 1 amide bonds. The lowest BCUT2D eigenvalue weighted by Crippen LogP contribution is -2.45. The Hall–Kier alpha value is -2.47. The van der Waals surface area contributed by atoms with Gasteiger partial charge in [0.15, 0.2) is 5.78 Å². The molecule has 0 aliphatic carbocycles. The molecule has 6 nitrogen and oxygen atoms in total. The molecular weight excluding hydrogens is 286 g/mol. The first-order chi connectivity index (χ1) is 10.5. The molecule has 1 fully saturated rings. The Morgan fingerprint density at radius 3 is 2.36 bits per heavy atom. The van der Waals surface area contributed by atoms with Crippen molar-refractivity contribution in [3.63, 3.8) is 0 Å². The summed E-state index contributed by atoms with van der Waals surface area (Å²) in [6, 6.07) is 6.59. The number of hydrogen-bond acceptors (Lipinski definition) is 5.